The van der Waals surface area contributed by atoms with Crippen LogP contribution in [0.2, 0.25) is 0 Å². The van der Waals surface area contributed by atoms with Gasteiger partial charge in [-0.25, -0.2) is 0 Å². The molecule has 0 aromatic carbocycles. The van der Waals surface area contributed by atoms with Crippen molar-refractivity contribution in [3.05, 3.63) is 11.8 Å². The molecule has 3 heterocycles. The lowest BCUT2D eigenvalue weighted by atomic mass is 9.65. The summed E-state index contributed by atoms with van der Waals surface area (Å²) in [6.07, 6.45) is 16.2. The number of nitrogens with zero attached hydrogens (tertiary/aromatic N) is 3. The summed E-state index contributed by atoms with van der Waals surface area (Å²) in [4.78, 5) is 34.4. The lowest BCUT2D eigenvalue weighted by molar-refractivity contribution is -0.200. The van der Waals surface area contributed by atoms with E-state index in [0.717, 1.165) is 70.0 Å². The van der Waals surface area contributed by atoms with Gasteiger partial charge in [0.05, 0.1) is 29.9 Å². The van der Waals surface area contributed by atoms with Crippen molar-refractivity contribution in [2.75, 3.05) is 53.4 Å². The molecule has 0 aromatic rings. The number of nitrogens with one attached hydrogen (secondary N) is 2. The molecule has 8 nitrogen and oxygen atoms in total. The smallest absolute Gasteiger partial charge is 0.256 e. The first-order valence-corrected chi connectivity index (χ1v) is 16.6. The molecular weight excluding hydrogens is 502 g/mol. The third kappa shape index (κ3) is 6.02. The molecule has 40 heavy (non-hydrogen) atoms. The number of hydrogen-bond acceptors (Lipinski definition) is 7. The molecule has 6 aliphatic rings. The molecule has 0 radical (unpaired) electrons. The molecule has 8 unspecified atom stereocenters. The Balaban J connectivity index is 1.19. The van der Waals surface area contributed by atoms with Gasteiger partial charge in [-0.2, -0.15) is 0 Å². The molecule has 3 aliphatic heterocycles. The largest absolute Gasteiger partial charge is 0.369 e. The summed E-state index contributed by atoms with van der Waals surface area (Å²) >= 11 is 0. The zero-order valence-electron chi connectivity index (χ0n) is 25.0. The van der Waals surface area contributed by atoms with Gasteiger partial charge < -0.3 is 30.1 Å². The van der Waals surface area contributed by atoms with Crippen LogP contribution in [0.5, 0.6) is 0 Å². The first kappa shape index (κ1) is 28.6. The van der Waals surface area contributed by atoms with Crippen molar-refractivity contribution in [1.82, 2.24) is 25.3 Å². The van der Waals surface area contributed by atoms with Gasteiger partial charge in [0.1, 0.15) is 0 Å². The maximum atomic E-state index is 13.8. The van der Waals surface area contributed by atoms with Crippen LogP contribution in [0.1, 0.15) is 77.0 Å². The quantitative estimate of drug-likeness (QED) is 0.317. The fourth-order valence-electron chi connectivity index (χ4n) is 8.95. The van der Waals surface area contributed by atoms with Crippen LogP contribution in [0, 0.1) is 17.8 Å². The van der Waals surface area contributed by atoms with E-state index in [2.05, 4.69) is 39.4 Å². The highest BCUT2D eigenvalue weighted by molar-refractivity contribution is 6.20. The monoisotopic (exact) mass is 555 g/mol. The molecule has 3 aliphatic carbocycles. The molecule has 224 valence electrons. The van der Waals surface area contributed by atoms with E-state index < -0.39 is 0 Å². The third-order valence-electron chi connectivity index (χ3n) is 11.0. The van der Waals surface area contributed by atoms with Gasteiger partial charge in [0, 0.05) is 37.8 Å². The lowest BCUT2D eigenvalue weighted by Crippen LogP contribution is -2.71. The Bertz CT molecular complexity index is 934. The van der Waals surface area contributed by atoms with Crippen LogP contribution >= 0.6 is 0 Å². The summed E-state index contributed by atoms with van der Waals surface area (Å²) in [5.41, 5.74) is 0.388. The van der Waals surface area contributed by atoms with Crippen molar-refractivity contribution >= 4 is 11.7 Å². The fraction of sp³-hybridized carbons (Fsp3) is 0.875. The average Bonchev–Trinajstić information content (AvgIpc) is 3.47. The number of likely N-dealkylation sites (tertiary alicyclic amines) is 1. The topological polar surface area (TPSA) is 77.2 Å². The van der Waals surface area contributed by atoms with Gasteiger partial charge in [-0.1, -0.05) is 25.7 Å². The first-order valence-electron chi connectivity index (χ1n) is 16.6. The summed E-state index contributed by atoms with van der Waals surface area (Å²) < 4.78 is 7.07. The van der Waals surface area contributed by atoms with Crippen LogP contribution < -0.4 is 10.6 Å². The van der Waals surface area contributed by atoms with Gasteiger partial charge >= 0.3 is 0 Å². The molecule has 5 fully saturated rings. The number of unbranched alkanes of at least 4 members (excludes halogenated alkanes) is 1. The Morgan fingerprint density at radius 1 is 1.00 bits per heavy atom. The molecule has 6 rings (SSSR count). The van der Waals surface area contributed by atoms with Crippen molar-refractivity contribution in [3.8, 4) is 0 Å². The molecule has 2 N–H and O–H groups in total. The van der Waals surface area contributed by atoms with Gasteiger partial charge in [-0.15, -0.1) is 0 Å². The number of ketones is 1. The predicted molar refractivity (Wildman–Crippen MR) is 157 cm³/mol. The molecule has 8 heteroatoms. The second-order valence-electron chi connectivity index (χ2n) is 13.9. The van der Waals surface area contributed by atoms with E-state index in [1.165, 1.54) is 51.6 Å². The molecule has 8 atom stereocenters. The fourth-order valence-corrected chi connectivity index (χ4v) is 8.95. The van der Waals surface area contributed by atoms with Gasteiger partial charge in [0.15, 0.2) is 5.78 Å². The third-order valence-corrected chi connectivity index (χ3v) is 11.0. The van der Waals surface area contributed by atoms with Gasteiger partial charge in [-0.3, -0.25) is 9.59 Å². The van der Waals surface area contributed by atoms with Crippen LogP contribution in [-0.2, 0) is 14.3 Å². The van der Waals surface area contributed by atoms with Crippen LogP contribution in [-0.4, -0.2) is 110 Å². The number of rotatable bonds is 10. The number of morpholine rings is 1. The Morgan fingerprint density at radius 3 is 2.55 bits per heavy atom. The van der Waals surface area contributed by atoms with E-state index in [4.69, 9.17) is 4.74 Å². The first-order chi connectivity index (χ1) is 19.5. The maximum Gasteiger partial charge on any atom is 0.256 e. The highest BCUT2D eigenvalue weighted by atomic mass is 16.5. The summed E-state index contributed by atoms with van der Waals surface area (Å²) in [5, 5.41) is 6.96. The van der Waals surface area contributed by atoms with Crippen LogP contribution in [0.25, 0.3) is 0 Å². The highest BCUT2D eigenvalue weighted by Crippen LogP contribution is 2.49. The minimum Gasteiger partial charge on any atom is -0.369 e. The number of Topliss-reactive ketones (excluding diaryl/α,β-unsaturated/α-hetero) is 1. The van der Waals surface area contributed by atoms with E-state index in [1.54, 1.807) is 0 Å². The average molecular weight is 556 g/mol. The lowest BCUT2D eigenvalue weighted by Gasteiger charge is -2.60. The minimum absolute atomic E-state index is 0.00885. The summed E-state index contributed by atoms with van der Waals surface area (Å²) in [6.45, 7) is 6.14. The van der Waals surface area contributed by atoms with Crippen molar-refractivity contribution in [3.63, 3.8) is 0 Å². The molecular formula is C32H53N5O3. The van der Waals surface area contributed by atoms with E-state index in [-0.39, 0.29) is 47.9 Å². The summed E-state index contributed by atoms with van der Waals surface area (Å²) in [7, 11) is 4.14. The van der Waals surface area contributed by atoms with Crippen molar-refractivity contribution < 1.29 is 14.3 Å². The molecule has 1 amide bonds. The van der Waals surface area contributed by atoms with Gasteiger partial charge in [0.2, 0.25) is 0 Å². The Labute approximate surface area is 241 Å². The number of carbonyl (C=O) groups excluding carboxylic acids is 2. The van der Waals surface area contributed by atoms with E-state index in [0.29, 0.717) is 12.1 Å². The van der Waals surface area contributed by atoms with Crippen LogP contribution in [0.3, 0.4) is 0 Å². The number of hydrogen-bond donors (Lipinski definition) is 2. The number of carbonyl (C=O) groups is 2. The summed E-state index contributed by atoms with van der Waals surface area (Å²) in [5.74, 6) is 1.25. The van der Waals surface area contributed by atoms with Crippen molar-refractivity contribution in [2.45, 2.75) is 107 Å². The standard InChI is InChI=1S/C32H53N5O3/c1-35(2)15-6-5-13-34-32(39)25-21-37-27-19-22-9-3-4-10-23(22)20-28(27)40-31-26(12-11-24(29(31)37)30(25)38)33-14-18-36-16-7-8-17-36/h21-24,26-29,31,33H,3-20H2,1-2H3,(H,34,39). The molecule has 3 saturated carbocycles. The maximum absolute atomic E-state index is 13.8. The van der Waals surface area contributed by atoms with Crippen LogP contribution in [0.15, 0.2) is 11.8 Å². The molecule has 0 spiro atoms. The normalized spacial score (nSPS) is 37.5. The number of ether oxygens (including phenoxy) is 1. The Kier molecular flexibility index (Phi) is 9.16. The van der Waals surface area contributed by atoms with Gasteiger partial charge in [-0.05, 0) is 96.9 Å². The number of amides is 1. The molecule has 0 bridgehead atoms. The van der Waals surface area contributed by atoms with E-state index in [9.17, 15) is 9.59 Å². The SMILES string of the molecule is CN(C)CCCCNC(=O)C1=CN2C3CC4CCCCC4CC3OC3C(NCCN4CCCC4)CCC(C1=O)C32. The van der Waals surface area contributed by atoms with E-state index >= 15 is 0 Å². The zero-order valence-corrected chi connectivity index (χ0v) is 25.0. The molecule has 0 aromatic heterocycles. The summed E-state index contributed by atoms with van der Waals surface area (Å²) in [6, 6.07) is 0.593. The Morgan fingerprint density at radius 2 is 1.77 bits per heavy atom. The molecule has 2 saturated heterocycles. The van der Waals surface area contributed by atoms with E-state index in [1.807, 2.05) is 6.20 Å². The van der Waals surface area contributed by atoms with Gasteiger partial charge in [0.25, 0.3) is 5.91 Å². The van der Waals surface area contributed by atoms with Crippen molar-refractivity contribution in [2.24, 2.45) is 17.8 Å². The number of fused-ring (bicyclic) bond motifs is 3. The highest BCUT2D eigenvalue weighted by Gasteiger charge is 2.57. The minimum atomic E-state index is -0.176. The van der Waals surface area contributed by atoms with Crippen molar-refractivity contribution in [1.29, 1.82) is 0 Å². The second-order valence-corrected chi connectivity index (χ2v) is 13.9. The zero-order chi connectivity index (χ0) is 27.6. The van der Waals surface area contributed by atoms with Crippen LogP contribution in [0.4, 0.5) is 0 Å². The Hall–Kier alpha value is -1.48. The predicted octanol–water partition coefficient (Wildman–Crippen LogP) is 2.78. The second kappa shape index (κ2) is 12.8.